The molecule has 0 saturated carbocycles. The average Bonchev–Trinajstić information content (AvgIpc) is 1.47. The molecule has 0 aromatic carbocycles. The van der Waals surface area contributed by atoms with Crippen LogP contribution in [0.25, 0.3) is 0 Å². The Balaban J connectivity index is 5.23. The molecule has 0 heterocycles. The van der Waals surface area contributed by atoms with Gasteiger partial charge in [-0.25, -0.2) is 9.13 Å². The first-order chi connectivity index (χ1) is 45.4. The molecule has 7 atom stereocenters. The SMILES string of the molecule is CCCCCCCCCCCCCCCCCCCCCC(=O)O[C@H](COC(=O)CCCCCCCCCCCCCCC)COP(=O)(O)OC[C@@H](O)COP(=O)(O)OC[C@@H](COC(=O)CCCCCCCCC(C)CC)OC(=O)CCCCCCCCCCC(C)CC. The fraction of sp³-hybridized carbons (Fsp3) is 0.947. The van der Waals surface area contributed by atoms with Crippen LogP contribution in [0.3, 0.4) is 0 Å². The summed E-state index contributed by atoms with van der Waals surface area (Å²) < 4.78 is 68.5. The normalized spacial score (nSPS) is 14.6. The van der Waals surface area contributed by atoms with E-state index in [0.717, 1.165) is 108 Å². The van der Waals surface area contributed by atoms with Crippen LogP contribution in [0.15, 0.2) is 0 Å². The summed E-state index contributed by atoms with van der Waals surface area (Å²) in [6.45, 7) is 9.54. The van der Waals surface area contributed by atoms with Gasteiger partial charge in [0.1, 0.15) is 19.3 Å². The number of aliphatic hydroxyl groups is 1. The minimum atomic E-state index is -4.96. The van der Waals surface area contributed by atoms with Gasteiger partial charge >= 0.3 is 39.5 Å². The van der Waals surface area contributed by atoms with Crippen molar-refractivity contribution in [1.29, 1.82) is 0 Å². The van der Waals surface area contributed by atoms with Crippen LogP contribution in [-0.2, 0) is 65.4 Å². The Kier molecular flexibility index (Phi) is 65.5. The van der Waals surface area contributed by atoms with Crippen molar-refractivity contribution in [3.63, 3.8) is 0 Å². The first-order valence-electron chi connectivity index (χ1n) is 39.1. The molecular weight excluding hydrogens is 1230 g/mol. The molecule has 0 aromatic rings. The smallest absolute Gasteiger partial charge is 0.462 e. The van der Waals surface area contributed by atoms with E-state index < -0.39 is 97.5 Å². The van der Waals surface area contributed by atoms with Gasteiger partial charge < -0.3 is 33.8 Å². The van der Waals surface area contributed by atoms with Gasteiger partial charge in [0, 0.05) is 25.7 Å². The second-order valence-electron chi connectivity index (χ2n) is 27.5. The van der Waals surface area contributed by atoms with Gasteiger partial charge in [-0.1, -0.05) is 337 Å². The Morgan fingerprint density at radius 3 is 0.755 bits per heavy atom. The first kappa shape index (κ1) is 92.1. The van der Waals surface area contributed by atoms with E-state index >= 15 is 0 Å². The molecule has 0 amide bonds. The van der Waals surface area contributed by atoms with Crippen molar-refractivity contribution in [2.24, 2.45) is 11.8 Å². The molecule has 0 aliphatic carbocycles. The van der Waals surface area contributed by atoms with Crippen LogP contribution in [0, 0.1) is 11.8 Å². The number of hydrogen-bond donors (Lipinski definition) is 3. The fourth-order valence-corrected chi connectivity index (χ4v) is 13.0. The Morgan fingerprint density at radius 1 is 0.298 bits per heavy atom. The van der Waals surface area contributed by atoms with E-state index in [1.807, 2.05) is 0 Å². The maximum Gasteiger partial charge on any atom is 0.472 e. The van der Waals surface area contributed by atoms with Crippen molar-refractivity contribution in [3.8, 4) is 0 Å². The van der Waals surface area contributed by atoms with E-state index in [9.17, 15) is 43.2 Å². The number of phosphoric acid groups is 2. The minimum Gasteiger partial charge on any atom is -0.462 e. The molecule has 0 bridgehead atoms. The van der Waals surface area contributed by atoms with Gasteiger partial charge in [0.2, 0.25) is 0 Å². The van der Waals surface area contributed by atoms with Crippen molar-refractivity contribution >= 4 is 39.5 Å². The van der Waals surface area contributed by atoms with Crippen molar-refractivity contribution in [2.75, 3.05) is 39.6 Å². The number of phosphoric ester groups is 2. The summed E-state index contributed by atoms with van der Waals surface area (Å²) in [6, 6.07) is 0. The summed E-state index contributed by atoms with van der Waals surface area (Å²) in [6.07, 6.45) is 54.1. The first-order valence-corrected chi connectivity index (χ1v) is 42.1. The molecule has 4 unspecified atom stereocenters. The second-order valence-corrected chi connectivity index (χ2v) is 30.4. The third kappa shape index (κ3) is 66.0. The largest absolute Gasteiger partial charge is 0.472 e. The molecule has 0 aromatic heterocycles. The number of hydrogen-bond acceptors (Lipinski definition) is 15. The summed E-state index contributed by atoms with van der Waals surface area (Å²) in [4.78, 5) is 72.7. The highest BCUT2D eigenvalue weighted by Gasteiger charge is 2.30. The van der Waals surface area contributed by atoms with Gasteiger partial charge in [-0.3, -0.25) is 37.3 Å². The maximum absolute atomic E-state index is 13.1. The van der Waals surface area contributed by atoms with Crippen LogP contribution in [0.1, 0.15) is 388 Å². The highest BCUT2D eigenvalue weighted by Crippen LogP contribution is 2.45. The van der Waals surface area contributed by atoms with Gasteiger partial charge in [-0.05, 0) is 37.5 Å². The number of aliphatic hydroxyl groups excluding tert-OH is 1. The van der Waals surface area contributed by atoms with E-state index in [1.165, 1.54) is 199 Å². The summed E-state index contributed by atoms with van der Waals surface area (Å²) in [5, 5.41) is 10.6. The van der Waals surface area contributed by atoms with E-state index in [0.29, 0.717) is 25.7 Å². The standard InChI is InChI=1S/C75H146O17P2/c1-7-11-13-15-17-19-21-23-24-25-26-27-28-30-32-34-39-47-53-59-74(79)91-70(63-85-72(77)57-51-45-38-33-31-29-22-20-18-16-14-12-8-2)65-89-93(81,82)87-61-69(76)62-88-94(83,84)90-66-71(64-86-73(78)58-52-46-42-41-44-50-56-68(6)10-4)92-75(80)60-54-48-40-36-35-37-43-49-55-67(5)9-3/h67-71,76H,7-66H2,1-6H3,(H,81,82)(H,83,84)/t67?,68?,69-,70-,71-/m1/s1. The van der Waals surface area contributed by atoms with Crippen LogP contribution in [0.2, 0.25) is 0 Å². The lowest BCUT2D eigenvalue weighted by molar-refractivity contribution is -0.161. The predicted octanol–water partition coefficient (Wildman–Crippen LogP) is 21.9. The monoisotopic (exact) mass is 1380 g/mol. The third-order valence-electron chi connectivity index (χ3n) is 18.2. The number of rotatable bonds is 74. The van der Waals surface area contributed by atoms with Crippen molar-refractivity contribution in [3.05, 3.63) is 0 Å². The van der Waals surface area contributed by atoms with Gasteiger partial charge in [-0.2, -0.15) is 0 Å². The molecule has 19 heteroatoms. The van der Waals surface area contributed by atoms with Crippen LogP contribution < -0.4 is 0 Å². The zero-order chi connectivity index (χ0) is 69.3. The lowest BCUT2D eigenvalue weighted by Crippen LogP contribution is -2.30. The number of ether oxygens (including phenoxy) is 4. The van der Waals surface area contributed by atoms with Gasteiger partial charge in [0.05, 0.1) is 26.4 Å². The summed E-state index contributed by atoms with van der Waals surface area (Å²) >= 11 is 0. The van der Waals surface area contributed by atoms with E-state index in [2.05, 4.69) is 41.5 Å². The zero-order valence-corrected chi connectivity index (χ0v) is 63.1. The van der Waals surface area contributed by atoms with E-state index in [4.69, 9.17) is 37.0 Å². The van der Waals surface area contributed by atoms with Crippen LogP contribution in [-0.4, -0.2) is 96.7 Å². The molecule has 558 valence electrons. The minimum absolute atomic E-state index is 0.104. The maximum atomic E-state index is 13.1. The van der Waals surface area contributed by atoms with Crippen LogP contribution in [0.5, 0.6) is 0 Å². The number of esters is 4. The van der Waals surface area contributed by atoms with Gasteiger partial charge in [-0.15, -0.1) is 0 Å². The molecular formula is C75H146O17P2. The Labute approximate surface area is 575 Å². The van der Waals surface area contributed by atoms with Crippen molar-refractivity contribution < 1.29 is 80.2 Å². The lowest BCUT2D eigenvalue weighted by atomic mass is 9.99. The summed E-state index contributed by atoms with van der Waals surface area (Å²) in [5.41, 5.74) is 0. The summed E-state index contributed by atoms with van der Waals surface area (Å²) in [5.74, 6) is -0.619. The summed E-state index contributed by atoms with van der Waals surface area (Å²) in [7, 11) is -9.91. The van der Waals surface area contributed by atoms with Crippen LogP contribution >= 0.6 is 15.6 Å². The number of carbonyl (C=O) groups excluding carboxylic acids is 4. The van der Waals surface area contributed by atoms with Crippen LogP contribution in [0.4, 0.5) is 0 Å². The molecule has 17 nitrogen and oxygen atoms in total. The van der Waals surface area contributed by atoms with Gasteiger partial charge in [0.15, 0.2) is 12.2 Å². The topological polar surface area (TPSA) is 237 Å². The number of unbranched alkanes of at least 4 members (excludes halogenated alkanes) is 42. The number of carbonyl (C=O) groups is 4. The van der Waals surface area contributed by atoms with Gasteiger partial charge in [0.25, 0.3) is 0 Å². The average molecular weight is 1380 g/mol. The molecule has 0 saturated heterocycles. The molecule has 0 rings (SSSR count). The zero-order valence-electron chi connectivity index (χ0n) is 61.3. The molecule has 0 aliphatic heterocycles. The molecule has 0 spiro atoms. The quantitative estimate of drug-likeness (QED) is 0.0222. The Hall–Kier alpha value is -1.94. The molecule has 3 N–H and O–H groups in total. The Bertz CT molecular complexity index is 1820. The van der Waals surface area contributed by atoms with Crippen molar-refractivity contribution in [1.82, 2.24) is 0 Å². The molecule has 0 aliphatic rings. The molecule has 0 fully saturated rings. The van der Waals surface area contributed by atoms with E-state index in [1.54, 1.807) is 0 Å². The van der Waals surface area contributed by atoms with Crippen molar-refractivity contribution in [2.45, 2.75) is 407 Å². The highest BCUT2D eigenvalue weighted by molar-refractivity contribution is 7.47. The predicted molar refractivity (Wildman–Crippen MR) is 381 cm³/mol. The Morgan fingerprint density at radius 2 is 0.511 bits per heavy atom. The van der Waals surface area contributed by atoms with E-state index in [-0.39, 0.29) is 25.7 Å². The molecule has 0 radical (unpaired) electrons. The second kappa shape index (κ2) is 66.9. The third-order valence-corrected chi connectivity index (χ3v) is 20.1. The molecule has 94 heavy (non-hydrogen) atoms. The fourth-order valence-electron chi connectivity index (χ4n) is 11.4. The lowest BCUT2D eigenvalue weighted by Gasteiger charge is -2.21. The highest BCUT2D eigenvalue weighted by atomic mass is 31.2.